The SMILES string of the molecule is CC.Nc1cccc(F)c1Br. The van der Waals surface area contributed by atoms with E-state index in [0.717, 1.165) is 0 Å². The third kappa shape index (κ3) is 2.89. The first kappa shape index (κ1) is 10.4. The van der Waals surface area contributed by atoms with Gasteiger partial charge in [0.25, 0.3) is 0 Å². The van der Waals surface area contributed by atoms with Crippen LogP contribution in [-0.4, -0.2) is 0 Å². The maximum absolute atomic E-state index is 12.5. The molecule has 0 amide bonds. The minimum absolute atomic E-state index is 0.324. The van der Waals surface area contributed by atoms with Gasteiger partial charge in [-0.25, -0.2) is 4.39 Å². The highest BCUT2D eigenvalue weighted by Gasteiger charge is 1.98. The molecule has 0 atom stereocenters. The predicted molar refractivity (Wildman–Crippen MR) is 49.9 cm³/mol. The Hall–Kier alpha value is -0.570. The van der Waals surface area contributed by atoms with Gasteiger partial charge < -0.3 is 5.73 Å². The summed E-state index contributed by atoms with van der Waals surface area (Å²) < 4.78 is 12.8. The highest BCUT2D eigenvalue weighted by molar-refractivity contribution is 9.10. The number of nitrogens with two attached hydrogens (primary N) is 1. The Morgan fingerprint density at radius 1 is 1.36 bits per heavy atom. The molecule has 0 aliphatic heterocycles. The summed E-state index contributed by atoms with van der Waals surface area (Å²) >= 11 is 2.98. The minimum atomic E-state index is -0.324. The number of halogens is 2. The van der Waals surface area contributed by atoms with Gasteiger partial charge in [-0.05, 0) is 28.1 Å². The van der Waals surface area contributed by atoms with E-state index in [1.807, 2.05) is 13.8 Å². The van der Waals surface area contributed by atoms with Crippen molar-refractivity contribution in [3.63, 3.8) is 0 Å². The molecule has 0 aromatic heterocycles. The second-order valence-electron chi connectivity index (χ2n) is 1.64. The average molecular weight is 220 g/mol. The molecule has 0 heterocycles. The minimum Gasteiger partial charge on any atom is -0.398 e. The lowest BCUT2D eigenvalue weighted by atomic mass is 10.3. The van der Waals surface area contributed by atoms with Crippen LogP contribution in [0.25, 0.3) is 0 Å². The Bertz CT molecular complexity index is 205. The number of benzene rings is 1. The van der Waals surface area contributed by atoms with Crippen LogP contribution in [0.3, 0.4) is 0 Å². The van der Waals surface area contributed by atoms with E-state index in [2.05, 4.69) is 15.9 Å². The van der Waals surface area contributed by atoms with Gasteiger partial charge in [0.05, 0.1) is 4.47 Å². The molecule has 0 aliphatic carbocycles. The molecule has 11 heavy (non-hydrogen) atoms. The highest BCUT2D eigenvalue weighted by atomic mass is 79.9. The average Bonchev–Trinajstić information content (AvgIpc) is 2.04. The summed E-state index contributed by atoms with van der Waals surface area (Å²) in [7, 11) is 0. The van der Waals surface area contributed by atoms with Crippen molar-refractivity contribution >= 4 is 21.6 Å². The Morgan fingerprint density at radius 3 is 2.27 bits per heavy atom. The van der Waals surface area contributed by atoms with E-state index in [9.17, 15) is 4.39 Å². The van der Waals surface area contributed by atoms with E-state index >= 15 is 0 Å². The van der Waals surface area contributed by atoms with Crippen LogP contribution < -0.4 is 5.73 Å². The number of rotatable bonds is 0. The van der Waals surface area contributed by atoms with E-state index in [-0.39, 0.29) is 5.82 Å². The third-order valence-corrected chi connectivity index (χ3v) is 1.82. The topological polar surface area (TPSA) is 26.0 Å². The smallest absolute Gasteiger partial charge is 0.139 e. The number of anilines is 1. The second kappa shape index (κ2) is 5.13. The largest absolute Gasteiger partial charge is 0.398 e. The number of nitrogen functional groups attached to an aromatic ring is 1. The summed E-state index contributed by atoms with van der Waals surface area (Å²) in [4.78, 5) is 0. The molecule has 1 aromatic rings. The standard InChI is InChI=1S/C6H5BrFN.C2H6/c7-6-4(8)2-1-3-5(6)9;1-2/h1-3H,9H2;1-2H3. The third-order valence-electron chi connectivity index (χ3n) is 0.981. The van der Waals surface area contributed by atoms with Gasteiger partial charge in [0.2, 0.25) is 0 Å². The van der Waals surface area contributed by atoms with E-state index in [0.29, 0.717) is 10.2 Å². The van der Waals surface area contributed by atoms with Gasteiger partial charge in [0.15, 0.2) is 0 Å². The molecule has 0 spiro atoms. The first-order valence-corrected chi connectivity index (χ1v) is 4.20. The molecular weight excluding hydrogens is 209 g/mol. The van der Waals surface area contributed by atoms with Gasteiger partial charge in [0, 0.05) is 5.69 Å². The molecule has 3 heteroatoms. The lowest BCUT2D eigenvalue weighted by molar-refractivity contribution is 0.622. The lowest BCUT2D eigenvalue weighted by Gasteiger charge is -1.95. The van der Waals surface area contributed by atoms with E-state index < -0.39 is 0 Å². The van der Waals surface area contributed by atoms with Crippen LogP contribution in [0.2, 0.25) is 0 Å². The van der Waals surface area contributed by atoms with Crippen molar-refractivity contribution in [2.75, 3.05) is 5.73 Å². The molecule has 0 bridgehead atoms. The molecule has 0 radical (unpaired) electrons. The molecule has 1 rings (SSSR count). The molecule has 0 saturated carbocycles. The summed E-state index contributed by atoms with van der Waals surface area (Å²) in [6.45, 7) is 4.00. The Morgan fingerprint density at radius 2 is 1.91 bits per heavy atom. The molecule has 0 fully saturated rings. The zero-order chi connectivity index (χ0) is 8.85. The Balaban J connectivity index is 0.000000461. The summed E-state index contributed by atoms with van der Waals surface area (Å²) in [5.41, 5.74) is 5.76. The second-order valence-corrected chi connectivity index (χ2v) is 2.44. The Labute approximate surface area is 74.5 Å². The van der Waals surface area contributed by atoms with Crippen molar-refractivity contribution in [2.45, 2.75) is 13.8 Å². The maximum Gasteiger partial charge on any atom is 0.139 e. The number of hydrogen-bond donors (Lipinski definition) is 1. The van der Waals surface area contributed by atoms with E-state index in [1.165, 1.54) is 6.07 Å². The normalized spacial score (nSPS) is 8.36. The van der Waals surface area contributed by atoms with Gasteiger partial charge in [-0.1, -0.05) is 19.9 Å². The molecule has 62 valence electrons. The van der Waals surface area contributed by atoms with Crippen LogP contribution in [0.15, 0.2) is 22.7 Å². The fourth-order valence-electron chi connectivity index (χ4n) is 0.520. The molecule has 0 saturated heterocycles. The number of hydrogen-bond acceptors (Lipinski definition) is 1. The van der Waals surface area contributed by atoms with Crippen LogP contribution in [0.5, 0.6) is 0 Å². The van der Waals surface area contributed by atoms with Gasteiger partial charge in [0.1, 0.15) is 5.82 Å². The summed E-state index contributed by atoms with van der Waals surface area (Å²) in [6.07, 6.45) is 0. The predicted octanol–water partition coefficient (Wildman–Crippen LogP) is 3.20. The molecule has 1 aromatic carbocycles. The van der Waals surface area contributed by atoms with E-state index in [4.69, 9.17) is 5.73 Å². The zero-order valence-electron chi connectivity index (χ0n) is 6.57. The van der Waals surface area contributed by atoms with Gasteiger partial charge >= 0.3 is 0 Å². The van der Waals surface area contributed by atoms with Gasteiger partial charge in [-0.3, -0.25) is 0 Å². The monoisotopic (exact) mass is 219 g/mol. The fourth-order valence-corrected chi connectivity index (χ4v) is 0.785. The quantitative estimate of drug-likeness (QED) is 0.667. The van der Waals surface area contributed by atoms with E-state index in [1.54, 1.807) is 12.1 Å². The zero-order valence-corrected chi connectivity index (χ0v) is 8.15. The van der Waals surface area contributed by atoms with Crippen LogP contribution in [-0.2, 0) is 0 Å². The van der Waals surface area contributed by atoms with Crippen LogP contribution in [0.1, 0.15) is 13.8 Å². The molecule has 2 N–H and O–H groups in total. The summed E-state index contributed by atoms with van der Waals surface area (Å²) in [5.74, 6) is -0.324. The van der Waals surface area contributed by atoms with Crippen molar-refractivity contribution < 1.29 is 4.39 Å². The molecule has 0 aliphatic rings. The fraction of sp³-hybridized carbons (Fsp3) is 0.250. The van der Waals surface area contributed by atoms with Crippen molar-refractivity contribution in [3.8, 4) is 0 Å². The first-order chi connectivity index (χ1) is 5.22. The van der Waals surface area contributed by atoms with Crippen molar-refractivity contribution in [3.05, 3.63) is 28.5 Å². The van der Waals surface area contributed by atoms with Crippen LogP contribution >= 0.6 is 15.9 Å². The van der Waals surface area contributed by atoms with Crippen molar-refractivity contribution in [1.82, 2.24) is 0 Å². The van der Waals surface area contributed by atoms with Crippen molar-refractivity contribution in [1.29, 1.82) is 0 Å². The summed E-state index contributed by atoms with van der Waals surface area (Å²) in [6, 6.07) is 4.54. The molecule has 1 nitrogen and oxygen atoms in total. The lowest BCUT2D eigenvalue weighted by Crippen LogP contribution is -1.87. The maximum atomic E-state index is 12.5. The molecule has 0 unspecified atom stereocenters. The Kier molecular flexibility index (Phi) is 4.86. The highest BCUT2D eigenvalue weighted by Crippen LogP contribution is 2.21. The van der Waals surface area contributed by atoms with Crippen LogP contribution in [0.4, 0.5) is 10.1 Å². The van der Waals surface area contributed by atoms with Crippen LogP contribution in [0, 0.1) is 5.82 Å². The van der Waals surface area contributed by atoms with Gasteiger partial charge in [-0.15, -0.1) is 0 Å². The first-order valence-electron chi connectivity index (χ1n) is 3.41. The summed E-state index contributed by atoms with van der Waals surface area (Å²) in [5, 5.41) is 0. The van der Waals surface area contributed by atoms with Crippen molar-refractivity contribution in [2.24, 2.45) is 0 Å². The van der Waals surface area contributed by atoms with Gasteiger partial charge in [-0.2, -0.15) is 0 Å². The molecular formula is C8H11BrFN.